The predicted molar refractivity (Wildman–Crippen MR) is 92.4 cm³/mol. The number of rotatable bonds is 5. The second-order valence-corrected chi connectivity index (χ2v) is 11.9. The minimum atomic E-state index is -0.553. The van der Waals surface area contributed by atoms with Crippen LogP contribution >= 0.6 is 19.8 Å². The van der Waals surface area contributed by atoms with E-state index in [2.05, 4.69) is 20.0 Å². The molecule has 3 heterocycles. The standard InChI is InChI=1S/C16H29IN2/c1-5-12-19-14-13-18(15-16(19)7-1)11-6-4-10-17-8-2-3-9-17/h2,8,16H,1,3-7,9-15H2. The van der Waals surface area contributed by atoms with Crippen LogP contribution in [0.2, 0.25) is 0 Å². The Hall–Kier alpha value is 0.390. The van der Waals surface area contributed by atoms with E-state index in [1.54, 1.807) is 8.86 Å². The number of unbranched alkanes of at least 4 members (excludes halogenated alkanes) is 1. The quantitative estimate of drug-likeness (QED) is 0.413. The molecule has 0 radical (unpaired) electrons. The molecular weight excluding hydrogens is 347 g/mol. The van der Waals surface area contributed by atoms with Gasteiger partial charge in [0.05, 0.1) is 0 Å². The fourth-order valence-electron chi connectivity index (χ4n) is 3.64. The first-order valence-corrected chi connectivity index (χ1v) is 12.4. The number of hydrogen-bond acceptors (Lipinski definition) is 2. The van der Waals surface area contributed by atoms with Gasteiger partial charge in [0.2, 0.25) is 0 Å². The third-order valence-corrected chi connectivity index (χ3v) is 10.5. The second kappa shape index (κ2) is 7.41. The van der Waals surface area contributed by atoms with Crippen LogP contribution in [0.3, 0.4) is 0 Å². The van der Waals surface area contributed by atoms with Crippen molar-refractivity contribution in [3.8, 4) is 0 Å². The van der Waals surface area contributed by atoms with Gasteiger partial charge in [-0.15, -0.1) is 0 Å². The third kappa shape index (κ3) is 4.18. The van der Waals surface area contributed by atoms with Crippen molar-refractivity contribution in [1.82, 2.24) is 9.80 Å². The number of nitrogens with zero attached hydrogens (tertiary/aromatic N) is 2. The van der Waals surface area contributed by atoms with Crippen LogP contribution in [-0.4, -0.2) is 57.4 Å². The molecule has 1 unspecified atom stereocenters. The van der Waals surface area contributed by atoms with Gasteiger partial charge in [0.15, 0.2) is 0 Å². The van der Waals surface area contributed by atoms with Crippen molar-refractivity contribution in [3.05, 3.63) is 10.2 Å². The monoisotopic (exact) mass is 376 g/mol. The van der Waals surface area contributed by atoms with Crippen LogP contribution in [0.4, 0.5) is 0 Å². The summed E-state index contributed by atoms with van der Waals surface area (Å²) in [7, 11) is 0. The molecular formula is C16H29IN2. The molecule has 2 fully saturated rings. The van der Waals surface area contributed by atoms with Gasteiger partial charge in [0.25, 0.3) is 0 Å². The predicted octanol–water partition coefficient (Wildman–Crippen LogP) is 3.36. The van der Waals surface area contributed by atoms with Crippen LogP contribution in [0, 0.1) is 0 Å². The third-order valence-electron chi connectivity index (χ3n) is 4.81. The topological polar surface area (TPSA) is 6.48 Å². The SMILES string of the molecule is C1=CI(CCCCN2CCN3CCCCC3C2)CC1. The second-order valence-electron chi connectivity index (χ2n) is 6.22. The Labute approximate surface area is 126 Å². The first-order chi connectivity index (χ1) is 9.42. The summed E-state index contributed by atoms with van der Waals surface area (Å²) in [5.41, 5.74) is 0. The molecule has 110 valence electrons. The van der Waals surface area contributed by atoms with E-state index in [1.165, 1.54) is 71.2 Å². The van der Waals surface area contributed by atoms with Gasteiger partial charge in [0, 0.05) is 0 Å². The molecule has 0 bridgehead atoms. The Kier molecular flexibility index (Phi) is 5.59. The maximum atomic E-state index is 2.75. The summed E-state index contributed by atoms with van der Waals surface area (Å²) in [4.78, 5) is 5.50. The van der Waals surface area contributed by atoms with Gasteiger partial charge in [-0.2, -0.15) is 0 Å². The average Bonchev–Trinajstić information content (AvgIpc) is 2.97. The molecule has 0 aromatic carbocycles. The molecule has 0 N–H and O–H groups in total. The molecule has 2 nitrogen and oxygen atoms in total. The summed E-state index contributed by atoms with van der Waals surface area (Å²) in [6.45, 7) is 6.78. The van der Waals surface area contributed by atoms with Crippen LogP contribution < -0.4 is 0 Å². The van der Waals surface area contributed by atoms with Gasteiger partial charge >= 0.3 is 126 Å². The van der Waals surface area contributed by atoms with Crippen molar-refractivity contribution in [2.24, 2.45) is 0 Å². The molecule has 0 saturated carbocycles. The Morgan fingerprint density at radius 1 is 1.11 bits per heavy atom. The Balaban J connectivity index is 1.31. The Morgan fingerprint density at radius 2 is 2.11 bits per heavy atom. The zero-order valence-corrected chi connectivity index (χ0v) is 14.4. The molecule has 3 aliphatic rings. The van der Waals surface area contributed by atoms with Crippen LogP contribution in [0.25, 0.3) is 0 Å². The first kappa shape index (κ1) is 14.3. The van der Waals surface area contributed by atoms with E-state index in [4.69, 9.17) is 0 Å². The molecule has 1 atom stereocenters. The number of halogens is 1. The van der Waals surface area contributed by atoms with E-state index in [-0.39, 0.29) is 0 Å². The van der Waals surface area contributed by atoms with Crippen molar-refractivity contribution < 1.29 is 0 Å². The molecule has 2 saturated heterocycles. The molecule has 0 spiro atoms. The van der Waals surface area contributed by atoms with Crippen molar-refractivity contribution in [2.75, 3.05) is 41.6 Å². The zero-order chi connectivity index (χ0) is 12.9. The van der Waals surface area contributed by atoms with Gasteiger partial charge in [-0.25, -0.2) is 0 Å². The normalized spacial score (nSPS) is 30.7. The van der Waals surface area contributed by atoms with Crippen LogP contribution in [0.15, 0.2) is 10.2 Å². The van der Waals surface area contributed by atoms with Crippen molar-refractivity contribution >= 4 is 19.8 Å². The van der Waals surface area contributed by atoms with E-state index in [0.717, 1.165) is 6.04 Å². The summed E-state index contributed by atoms with van der Waals surface area (Å²) in [6, 6.07) is 0.899. The van der Waals surface area contributed by atoms with E-state index in [0.29, 0.717) is 0 Å². The van der Waals surface area contributed by atoms with Crippen molar-refractivity contribution in [2.45, 2.75) is 44.6 Å². The van der Waals surface area contributed by atoms with E-state index in [9.17, 15) is 0 Å². The molecule has 3 rings (SSSR count). The summed E-state index contributed by atoms with van der Waals surface area (Å²) in [6.07, 6.45) is 11.2. The molecule has 3 heteroatoms. The number of allylic oxidation sites excluding steroid dienone is 1. The van der Waals surface area contributed by atoms with Gasteiger partial charge in [-0.3, -0.25) is 0 Å². The van der Waals surface area contributed by atoms with Crippen LogP contribution in [-0.2, 0) is 0 Å². The zero-order valence-electron chi connectivity index (χ0n) is 12.2. The molecule has 0 aromatic heterocycles. The summed E-state index contributed by atoms with van der Waals surface area (Å²) >= 11 is -0.553. The summed E-state index contributed by atoms with van der Waals surface area (Å²) in [5, 5.41) is 0. The van der Waals surface area contributed by atoms with E-state index < -0.39 is 19.8 Å². The fraction of sp³-hybridized carbons (Fsp3) is 0.875. The Morgan fingerprint density at radius 3 is 3.00 bits per heavy atom. The molecule has 19 heavy (non-hydrogen) atoms. The van der Waals surface area contributed by atoms with Crippen molar-refractivity contribution in [3.63, 3.8) is 0 Å². The summed E-state index contributed by atoms with van der Waals surface area (Å²) in [5.74, 6) is 0. The molecule has 0 aliphatic carbocycles. The number of alkyl halides is 2. The average molecular weight is 376 g/mol. The molecule has 0 amide bonds. The first-order valence-electron chi connectivity index (χ1n) is 8.15. The number of fused-ring (bicyclic) bond motifs is 1. The summed E-state index contributed by atoms with van der Waals surface area (Å²) < 4.78 is 5.76. The fourth-order valence-corrected chi connectivity index (χ4v) is 8.65. The number of piperazine rings is 1. The number of hydrogen-bond donors (Lipinski definition) is 0. The van der Waals surface area contributed by atoms with Gasteiger partial charge in [0.1, 0.15) is 0 Å². The Bertz CT molecular complexity index is 305. The molecule has 3 aliphatic heterocycles. The van der Waals surface area contributed by atoms with Crippen molar-refractivity contribution in [1.29, 1.82) is 0 Å². The van der Waals surface area contributed by atoms with Gasteiger partial charge < -0.3 is 0 Å². The molecule has 0 aromatic rings. The van der Waals surface area contributed by atoms with Crippen LogP contribution in [0.5, 0.6) is 0 Å². The van der Waals surface area contributed by atoms with Gasteiger partial charge in [-0.1, -0.05) is 0 Å². The minimum absolute atomic E-state index is 0.553. The van der Waals surface area contributed by atoms with Gasteiger partial charge in [-0.05, 0) is 0 Å². The van der Waals surface area contributed by atoms with E-state index in [1.807, 2.05) is 0 Å². The number of piperidine rings is 1. The van der Waals surface area contributed by atoms with E-state index >= 15 is 0 Å². The maximum absolute atomic E-state index is 2.75. The van der Waals surface area contributed by atoms with Crippen LogP contribution in [0.1, 0.15) is 38.5 Å².